The SMILES string of the molecule is CCc1ccc(-c2c(F)cc(-c3ccc(C4CC4)c(C)c3)c(C)c2F)s1. The van der Waals surface area contributed by atoms with Gasteiger partial charge >= 0.3 is 0 Å². The van der Waals surface area contributed by atoms with E-state index in [4.69, 9.17) is 0 Å². The molecule has 0 unspecified atom stereocenters. The lowest BCUT2D eigenvalue weighted by Gasteiger charge is -2.14. The molecule has 0 nitrogen and oxygen atoms in total. The highest BCUT2D eigenvalue weighted by Gasteiger charge is 2.25. The van der Waals surface area contributed by atoms with Gasteiger partial charge in [0.05, 0.1) is 5.56 Å². The van der Waals surface area contributed by atoms with E-state index in [1.807, 2.05) is 25.1 Å². The van der Waals surface area contributed by atoms with Crippen LogP contribution in [0, 0.1) is 25.5 Å². The minimum Gasteiger partial charge on any atom is -0.206 e. The number of hydrogen-bond acceptors (Lipinski definition) is 1. The summed E-state index contributed by atoms with van der Waals surface area (Å²) in [5, 5.41) is 0. The summed E-state index contributed by atoms with van der Waals surface area (Å²) in [6, 6.07) is 11.4. The van der Waals surface area contributed by atoms with Crippen molar-refractivity contribution in [2.24, 2.45) is 0 Å². The Morgan fingerprint density at radius 1 is 1.04 bits per heavy atom. The lowest BCUT2D eigenvalue weighted by atomic mass is 9.93. The van der Waals surface area contributed by atoms with Crippen LogP contribution >= 0.6 is 11.3 Å². The second-order valence-electron chi connectivity index (χ2n) is 7.19. The Bertz CT molecular complexity index is 980. The van der Waals surface area contributed by atoms with Gasteiger partial charge in [0.2, 0.25) is 0 Å². The third-order valence-electron chi connectivity index (χ3n) is 5.32. The van der Waals surface area contributed by atoms with Crippen LogP contribution in [0.2, 0.25) is 0 Å². The van der Waals surface area contributed by atoms with Crippen LogP contribution in [-0.2, 0) is 6.42 Å². The second-order valence-corrected chi connectivity index (χ2v) is 8.35. The van der Waals surface area contributed by atoms with Gasteiger partial charge in [-0.25, -0.2) is 8.78 Å². The van der Waals surface area contributed by atoms with E-state index in [0.29, 0.717) is 21.9 Å². The molecule has 1 aliphatic carbocycles. The minimum atomic E-state index is -0.489. The minimum absolute atomic E-state index is 0.0993. The Morgan fingerprint density at radius 3 is 2.42 bits per heavy atom. The topological polar surface area (TPSA) is 0 Å². The van der Waals surface area contributed by atoms with Gasteiger partial charge in [-0.3, -0.25) is 0 Å². The standard InChI is InChI=1S/C23H22F2S/c1-4-17-8-10-21(26-17)22-20(24)12-19(14(3)23(22)25)16-7-9-18(13(2)11-16)15-5-6-15/h7-12,15H,4-6H2,1-3H3. The first-order chi connectivity index (χ1) is 12.5. The number of hydrogen-bond donors (Lipinski definition) is 0. The molecule has 0 aliphatic heterocycles. The summed E-state index contributed by atoms with van der Waals surface area (Å²) in [5.41, 5.74) is 4.71. The molecular formula is C23H22F2S. The van der Waals surface area contributed by atoms with E-state index in [-0.39, 0.29) is 5.56 Å². The van der Waals surface area contributed by atoms with Crippen molar-refractivity contribution >= 4 is 11.3 Å². The quantitative estimate of drug-likeness (QED) is 0.449. The summed E-state index contributed by atoms with van der Waals surface area (Å²) in [5.74, 6) is -0.266. The molecule has 0 radical (unpaired) electrons. The van der Waals surface area contributed by atoms with E-state index in [1.54, 1.807) is 6.92 Å². The number of halogens is 2. The first-order valence-corrected chi connectivity index (χ1v) is 9.99. The predicted molar refractivity (Wildman–Crippen MR) is 106 cm³/mol. The highest BCUT2D eigenvalue weighted by Crippen LogP contribution is 2.43. The molecule has 1 saturated carbocycles. The normalized spacial score (nSPS) is 14.0. The molecule has 0 atom stereocenters. The molecule has 0 N–H and O–H groups in total. The van der Waals surface area contributed by atoms with Crippen LogP contribution in [0.5, 0.6) is 0 Å². The van der Waals surface area contributed by atoms with E-state index in [1.165, 1.54) is 41.4 Å². The van der Waals surface area contributed by atoms with Gasteiger partial charge in [-0.2, -0.15) is 0 Å². The van der Waals surface area contributed by atoms with E-state index < -0.39 is 11.6 Å². The smallest absolute Gasteiger partial charge is 0.138 e. The molecule has 1 fully saturated rings. The van der Waals surface area contributed by atoms with Gasteiger partial charge in [-0.05, 0) is 85.0 Å². The highest BCUT2D eigenvalue weighted by atomic mass is 32.1. The average molecular weight is 368 g/mol. The summed E-state index contributed by atoms with van der Waals surface area (Å²) in [4.78, 5) is 1.79. The molecule has 3 aromatic rings. The van der Waals surface area contributed by atoms with Crippen molar-refractivity contribution < 1.29 is 8.78 Å². The Labute approximate surface area is 157 Å². The maximum absolute atomic E-state index is 15.1. The van der Waals surface area contributed by atoms with Crippen molar-refractivity contribution in [2.45, 2.75) is 46.0 Å². The summed E-state index contributed by atoms with van der Waals surface area (Å²) in [6.07, 6.45) is 3.37. The van der Waals surface area contributed by atoms with Crippen molar-refractivity contribution in [1.29, 1.82) is 0 Å². The van der Waals surface area contributed by atoms with Crippen LogP contribution in [0.4, 0.5) is 8.78 Å². The summed E-state index contributed by atoms with van der Waals surface area (Å²) >= 11 is 1.46. The van der Waals surface area contributed by atoms with E-state index >= 15 is 4.39 Å². The highest BCUT2D eigenvalue weighted by molar-refractivity contribution is 7.15. The fourth-order valence-electron chi connectivity index (χ4n) is 3.64. The molecule has 3 heteroatoms. The van der Waals surface area contributed by atoms with E-state index in [0.717, 1.165) is 16.9 Å². The molecular weight excluding hydrogens is 346 g/mol. The molecule has 0 amide bonds. The molecule has 0 spiro atoms. The maximum atomic E-state index is 15.1. The zero-order chi connectivity index (χ0) is 18.4. The van der Waals surface area contributed by atoms with Crippen LogP contribution < -0.4 is 0 Å². The molecule has 134 valence electrons. The molecule has 1 aliphatic rings. The van der Waals surface area contributed by atoms with Crippen molar-refractivity contribution in [3.05, 3.63) is 69.6 Å². The van der Waals surface area contributed by atoms with Gasteiger partial charge in [-0.15, -0.1) is 11.3 Å². The molecule has 0 bridgehead atoms. The predicted octanol–water partition coefficient (Wildman–Crippen LogP) is 7.42. The van der Waals surface area contributed by atoms with Crippen LogP contribution in [0.1, 0.15) is 47.3 Å². The fourth-order valence-corrected chi connectivity index (χ4v) is 4.63. The number of benzene rings is 2. The van der Waals surface area contributed by atoms with Crippen LogP contribution in [0.25, 0.3) is 21.6 Å². The molecule has 0 saturated heterocycles. The van der Waals surface area contributed by atoms with Crippen LogP contribution in [-0.4, -0.2) is 0 Å². The lowest BCUT2D eigenvalue weighted by molar-refractivity contribution is 0.585. The largest absolute Gasteiger partial charge is 0.206 e. The van der Waals surface area contributed by atoms with Crippen molar-refractivity contribution in [3.8, 4) is 21.6 Å². The van der Waals surface area contributed by atoms with Crippen molar-refractivity contribution in [3.63, 3.8) is 0 Å². The Kier molecular flexibility index (Phi) is 4.44. The second kappa shape index (κ2) is 6.62. The molecule has 4 rings (SSSR count). The fraction of sp³-hybridized carbons (Fsp3) is 0.304. The Hall–Kier alpha value is -2.00. The summed E-state index contributed by atoms with van der Waals surface area (Å²) < 4.78 is 30.0. The zero-order valence-corrected chi connectivity index (χ0v) is 16.1. The Balaban J connectivity index is 1.80. The lowest BCUT2D eigenvalue weighted by Crippen LogP contribution is -1.97. The van der Waals surface area contributed by atoms with E-state index in [9.17, 15) is 4.39 Å². The van der Waals surface area contributed by atoms with Gasteiger partial charge in [0.25, 0.3) is 0 Å². The number of thiophene rings is 1. The first-order valence-electron chi connectivity index (χ1n) is 9.18. The van der Waals surface area contributed by atoms with Crippen molar-refractivity contribution in [1.82, 2.24) is 0 Å². The van der Waals surface area contributed by atoms with Gasteiger partial charge in [0.15, 0.2) is 0 Å². The monoisotopic (exact) mass is 368 g/mol. The number of aryl methyl sites for hydroxylation is 2. The summed E-state index contributed by atoms with van der Waals surface area (Å²) in [6.45, 7) is 5.88. The van der Waals surface area contributed by atoms with Gasteiger partial charge in [0, 0.05) is 9.75 Å². The first kappa shape index (κ1) is 17.4. The molecule has 26 heavy (non-hydrogen) atoms. The van der Waals surface area contributed by atoms with Crippen LogP contribution in [0.15, 0.2) is 36.4 Å². The van der Waals surface area contributed by atoms with E-state index in [2.05, 4.69) is 19.1 Å². The third-order valence-corrected chi connectivity index (χ3v) is 6.56. The third kappa shape index (κ3) is 2.99. The van der Waals surface area contributed by atoms with Gasteiger partial charge < -0.3 is 0 Å². The Morgan fingerprint density at radius 2 is 1.81 bits per heavy atom. The maximum Gasteiger partial charge on any atom is 0.138 e. The van der Waals surface area contributed by atoms with Gasteiger partial charge in [-0.1, -0.05) is 25.1 Å². The van der Waals surface area contributed by atoms with Crippen molar-refractivity contribution in [2.75, 3.05) is 0 Å². The molecule has 1 aromatic heterocycles. The zero-order valence-electron chi connectivity index (χ0n) is 15.3. The van der Waals surface area contributed by atoms with Gasteiger partial charge in [0.1, 0.15) is 11.6 Å². The average Bonchev–Trinajstić information content (AvgIpc) is 3.36. The number of rotatable bonds is 4. The summed E-state index contributed by atoms with van der Waals surface area (Å²) in [7, 11) is 0. The molecule has 2 aromatic carbocycles. The van der Waals surface area contributed by atoms with Crippen LogP contribution in [0.3, 0.4) is 0 Å². The molecule has 1 heterocycles.